The van der Waals surface area contributed by atoms with E-state index < -0.39 is 6.09 Å². The summed E-state index contributed by atoms with van der Waals surface area (Å²) in [5.74, 6) is 0.482. The topological polar surface area (TPSA) is 97.3 Å². The number of alkyl carbamates (subject to hydrolysis) is 1. The van der Waals surface area contributed by atoms with Crippen LogP contribution in [0.2, 0.25) is 0 Å². The molecule has 1 aromatic heterocycles. The Bertz CT molecular complexity index is 424. The third-order valence-corrected chi connectivity index (χ3v) is 2.31. The van der Waals surface area contributed by atoms with Gasteiger partial charge in [0, 0.05) is 31.9 Å². The van der Waals surface area contributed by atoms with Crippen LogP contribution in [0.25, 0.3) is 0 Å². The number of urea groups is 1. The van der Waals surface area contributed by atoms with Crippen LogP contribution in [-0.2, 0) is 11.8 Å². The second kappa shape index (κ2) is 7.24. The molecule has 19 heavy (non-hydrogen) atoms. The molecular weight excluding hydrogens is 250 g/mol. The summed E-state index contributed by atoms with van der Waals surface area (Å²) in [5.41, 5.74) is 0.944. The minimum absolute atomic E-state index is 0.299. The number of aromatic nitrogens is 2. The molecule has 8 heteroatoms. The van der Waals surface area contributed by atoms with Gasteiger partial charge in [0.1, 0.15) is 0 Å². The number of ether oxygens (including phenoxy) is 1. The highest BCUT2D eigenvalue weighted by Gasteiger charge is 2.05. The monoisotopic (exact) mass is 269 g/mol. The quantitative estimate of drug-likeness (QED) is 0.682. The molecule has 0 unspecified atom stereocenters. The summed E-state index contributed by atoms with van der Waals surface area (Å²) in [4.78, 5) is 22.4. The Hall–Kier alpha value is -2.25. The summed E-state index contributed by atoms with van der Waals surface area (Å²) in [6.07, 6.45) is -0.495. The molecule has 1 aromatic rings. The first-order valence-corrected chi connectivity index (χ1v) is 5.99. The molecule has 8 nitrogen and oxygen atoms in total. The lowest BCUT2D eigenvalue weighted by Crippen LogP contribution is -2.37. The van der Waals surface area contributed by atoms with Crippen LogP contribution in [-0.4, -0.2) is 41.6 Å². The highest BCUT2D eigenvalue weighted by Crippen LogP contribution is 2.05. The van der Waals surface area contributed by atoms with Gasteiger partial charge in [0.15, 0.2) is 5.82 Å². The van der Waals surface area contributed by atoms with Crippen LogP contribution in [0.15, 0.2) is 6.07 Å². The number of anilines is 1. The highest BCUT2D eigenvalue weighted by atomic mass is 16.5. The number of hydrogen-bond donors (Lipinski definition) is 3. The lowest BCUT2D eigenvalue weighted by molar-refractivity contribution is 0.152. The summed E-state index contributed by atoms with van der Waals surface area (Å²) in [7, 11) is 1.79. The van der Waals surface area contributed by atoms with Crippen molar-refractivity contribution in [2.75, 3.05) is 25.0 Å². The van der Waals surface area contributed by atoms with Gasteiger partial charge in [0.25, 0.3) is 0 Å². The number of amides is 3. The maximum Gasteiger partial charge on any atom is 0.407 e. The molecule has 0 saturated carbocycles. The average molecular weight is 269 g/mol. The molecule has 0 aliphatic carbocycles. The third kappa shape index (κ3) is 5.28. The van der Waals surface area contributed by atoms with E-state index in [0.29, 0.717) is 25.5 Å². The SMILES string of the molecule is CCOC(=O)NCCNC(=O)Nc1cc(C)n(C)n1. The van der Waals surface area contributed by atoms with E-state index in [-0.39, 0.29) is 6.03 Å². The van der Waals surface area contributed by atoms with E-state index in [1.165, 1.54) is 0 Å². The van der Waals surface area contributed by atoms with Crippen molar-refractivity contribution < 1.29 is 14.3 Å². The van der Waals surface area contributed by atoms with E-state index in [2.05, 4.69) is 25.8 Å². The Labute approximate surface area is 111 Å². The van der Waals surface area contributed by atoms with Gasteiger partial charge in [0.05, 0.1) is 6.61 Å². The van der Waals surface area contributed by atoms with Crippen LogP contribution in [0.3, 0.4) is 0 Å². The number of carbonyl (C=O) groups is 2. The Morgan fingerprint density at radius 3 is 2.63 bits per heavy atom. The van der Waals surface area contributed by atoms with Crippen molar-refractivity contribution in [3.63, 3.8) is 0 Å². The Balaban J connectivity index is 2.19. The predicted octanol–water partition coefficient (Wildman–Crippen LogP) is 0.596. The molecule has 0 atom stereocenters. The van der Waals surface area contributed by atoms with Gasteiger partial charge in [-0.2, -0.15) is 5.10 Å². The summed E-state index contributed by atoms with van der Waals surface area (Å²) < 4.78 is 6.33. The van der Waals surface area contributed by atoms with Crippen LogP contribution in [0.5, 0.6) is 0 Å². The zero-order valence-corrected chi connectivity index (χ0v) is 11.3. The van der Waals surface area contributed by atoms with E-state index in [9.17, 15) is 9.59 Å². The van der Waals surface area contributed by atoms with Gasteiger partial charge in [0.2, 0.25) is 0 Å². The molecule has 0 aliphatic heterocycles. The van der Waals surface area contributed by atoms with E-state index in [0.717, 1.165) is 5.69 Å². The maximum absolute atomic E-state index is 11.5. The van der Waals surface area contributed by atoms with E-state index in [4.69, 9.17) is 0 Å². The van der Waals surface area contributed by atoms with Crippen LogP contribution in [0.1, 0.15) is 12.6 Å². The summed E-state index contributed by atoms with van der Waals surface area (Å²) >= 11 is 0. The smallest absolute Gasteiger partial charge is 0.407 e. The first-order chi connectivity index (χ1) is 9.02. The number of nitrogens with one attached hydrogen (secondary N) is 3. The van der Waals surface area contributed by atoms with Crippen molar-refractivity contribution in [2.45, 2.75) is 13.8 Å². The predicted molar refractivity (Wildman–Crippen MR) is 70.0 cm³/mol. The second-order valence-corrected chi connectivity index (χ2v) is 3.82. The fourth-order valence-corrected chi connectivity index (χ4v) is 1.30. The Morgan fingerprint density at radius 1 is 1.37 bits per heavy atom. The van der Waals surface area contributed by atoms with Crippen LogP contribution >= 0.6 is 0 Å². The minimum Gasteiger partial charge on any atom is -0.450 e. The van der Waals surface area contributed by atoms with Crippen molar-refractivity contribution in [1.82, 2.24) is 20.4 Å². The zero-order valence-electron chi connectivity index (χ0n) is 11.3. The molecule has 0 aliphatic rings. The molecule has 1 rings (SSSR count). The van der Waals surface area contributed by atoms with Gasteiger partial charge in [-0.25, -0.2) is 9.59 Å². The van der Waals surface area contributed by atoms with Crippen molar-refractivity contribution in [2.24, 2.45) is 7.05 Å². The summed E-state index contributed by atoms with van der Waals surface area (Å²) in [5, 5.41) is 11.8. The zero-order chi connectivity index (χ0) is 14.3. The van der Waals surface area contributed by atoms with E-state index >= 15 is 0 Å². The van der Waals surface area contributed by atoms with Crippen molar-refractivity contribution in [3.8, 4) is 0 Å². The minimum atomic E-state index is -0.495. The van der Waals surface area contributed by atoms with E-state index in [1.807, 2.05) is 6.92 Å². The Kier molecular flexibility index (Phi) is 5.65. The standard InChI is InChI=1S/C11H19N5O3/c1-4-19-11(18)13-6-5-12-10(17)14-9-7-8(2)16(3)15-9/h7H,4-6H2,1-3H3,(H,13,18)(H2,12,14,15,17). The number of aryl methyl sites for hydroxylation is 2. The molecule has 0 fully saturated rings. The molecule has 3 N–H and O–H groups in total. The molecular formula is C11H19N5O3. The number of hydrogen-bond acceptors (Lipinski definition) is 4. The lowest BCUT2D eigenvalue weighted by atomic mass is 10.4. The van der Waals surface area contributed by atoms with Gasteiger partial charge in [-0.1, -0.05) is 0 Å². The van der Waals surface area contributed by atoms with Gasteiger partial charge in [-0.05, 0) is 13.8 Å². The summed E-state index contributed by atoms with van der Waals surface area (Å²) in [6, 6.07) is 1.39. The number of nitrogens with zero attached hydrogens (tertiary/aromatic N) is 2. The molecule has 106 valence electrons. The van der Waals surface area contributed by atoms with Gasteiger partial charge in [-0.3, -0.25) is 10.00 Å². The third-order valence-electron chi connectivity index (χ3n) is 2.31. The van der Waals surface area contributed by atoms with Crippen LogP contribution in [0.4, 0.5) is 15.4 Å². The molecule has 0 aromatic carbocycles. The second-order valence-electron chi connectivity index (χ2n) is 3.82. The van der Waals surface area contributed by atoms with Crippen LogP contribution in [0, 0.1) is 6.92 Å². The van der Waals surface area contributed by atoms with Crippen LogP contribution < -0.4 is 16.0 Å². The average Bonchev–Trinajstić information content (AvgIpc) is 2.64. The summed E-state index contributed by atoms with van der Waals surface area (Å²) in [6.45, 7) is 4.53. The van der Waals surface area contributed by atoms with Crippen molar-refractivity contribution >= 4 is 17.9 Å². The maximum atomic E-state index is 11.5. The van der Waals surface area contributed by atoms with Crippen molar-refractivity contribution in [1.29, 1.82) is 0 Å². The molecule has 0 radical (unpaired) electrons. The fraction of sp³-hybridized carbons (Fsp3) is 0.545. The molecule has 0 saturated heterocycles. The van der Waals surface area contributed by atoms with Gasteiger partial charge < -0.3 is 15.4 Å². The van der Waals surface area contributed by atoms with E-state index in [1.54, 1.807) is 24.7 Å². The molecule has 3 amide bonds. The fourth-order valence-electron chi connectivity index (χ4n) is 1.30. The normalized spacial score (nSPS) is 9.84. The van der Waals surface area contributed by atoms with Crippen molar-refractivity contribution in [3.05, 3.63) is 11.8 Å². The first kappa shape index (κ1) is 14.8. The number of rotatable bonds is 5. The Morgan fingerprint density at radius 2 is 2.05 bits per heavy atom. The first-order valence-electron chi connectivity index (χ1n) is 5.99. The molecule has 0 spiro atoms. The lowest BCUT2D eigenvalue weighted by Gasteiger charge is -2.07. The van der Waals surface area contributed by atoms with Gasteiger partial charge >= 0.3 is 12.1 Å². The molecule has 0 bridgehead atoms. The molecule has 1 heterocycles. The van der Waals surface area contributed by atoms with Gasteiger partial charge in [-0.15, -0.1) is 0 Å². The highest BCUT2D eigenvalue weighted by molar-refractivity contribution is 5.88. The number of carbonyl (C=O) groups excluding carboxylic acids is 2. The largest absolute Gasteiger partial charge is 0.450 e.